The van der Waals surface area contributed by atoms with Crippen molar-refractivity contribution in [3.8, 4) is 5.75 Å². The van der Waals surface area contributed by atoms with Crippen LogP contribution >= 0.6 is 11.6 Å². The first kappa shape index (κ1) is 19.9. The van der Waals surface area contributed by atoms with Crippen LogP contribution in [-0.2, 0) is 16.6 Å². The molecule has 3 heterocycles. The number of benzene rings is 1. The molecule has 0 bridgehead atoms. The molecule has 10 heteroatoms. The highest BCUT2D eigenvalue weighted by Gasteiger charge is 2.37. The third kappa shape index (κ3) is 4.03. The average molecular weight is 437 g/mol. The summed E-state index contributed by atoms with van der Waals surface area (Å²) in [7, 11) is -3.64. The summed E-state index contributed by atoms with van der Waals surface area (Å²) in [6.07, 6.45) is 0.699. The van der Waals surface area contributed by atoms with E-state index in [-0.39, 0.29) is 10.8 Å². The molecule has 1 atom stereocenters. The number of aromatic nitrogens is 3. The van der Waals surface area contributed by atoms with Crippen LogP contribution in [0.3, 0.4) is 0 Å². The number of nitrogens with one attached hydrogen (secondary N) is 1. The molecule has 8 nitrogen and oxygen atoms in total. The topological polar surface area (TPSA) is 101 Å². The molecule has 3 aromatic rings. The summed E-state index contributed by atoms with van der Waals surface area (Å²) in [5, 5.41) is 11.7. The fourth-order valence-electron chi connectivity index (χ4n) is 3.51. The Balaban J connectivity index is 1.41. The van der Waals surface area contributed by atoms with Gasteiger partial charge in [0, 0.05) is 24.0 Å². The van der Waals surface area contributed by atoms with Crippen LogP contribution < -0.4 is 4.74 Å². The smallest absolute Gasteiger partial charge is 0.248 e. The van der Waals surface area contributed by atoms with Gasteiger partial charge < -0.3 is 9.26 Å². The summed E-state index contributed by atoms with van der Waals surface area (Å²) in [5.41, 5.74) is 2.03. The molecule has 1 fully saturated rings. The number of hydrogen-bond acceptors (Lipinski definition) is 6. The molecule has 2 aromatic heterocycles. The Labute approximate surface area is 173 Å². The number of aromatic amines is 1. The molecule has 0 aliphatic carbocycles. The number of aryl methyl sites for hydroxylation is 2. The predicted molar refractivity (Wildman–Crippen MR) is 106 cm³/mol. The minimum absolute atomic E-state index is 0.0192. The first-order valence-corrected chi connectivity index (χ1v) is 11.0. The maximum absolute atomic E-state index is 13.0. The quantitative estimate of drug-likeness (QED) is 0.635. The van der Waals surface area contributed by atoms with E-state index in [0.717, 1.165) is 11.4 Å². The first-order chi connectivity index (χ1) is 13.8. The van der Waals surface area contributed by atoms with Gasteiger partial charge in [-0.3, -0.25) is 5.10 Å². The van der Waals surface area contributed by atoms with Crippen LogP contribution in [0, 0.1) is 13.8 Å². The first-order valence-electron chi connectivity index (χ1n) is 9.20. The number of rotatable bonds is 6. The highest BCUT2D eigenvalue weighted by molar-refractivity contribution is 7.89. The van der Waals surface area contributed by atoms with Gasteiger partial charge in [0.2, 0.25) is 10.0 Å². The van der Waals surface area contributed by atoms with Crippen molar-refractivity contribution in [2.45, 2.75) is 37.7 Å². The van der Waals surface area contributed by atoms with E-state index in [2.05, 4.69) is 15.4 Å². The van der Waals surface area contributed by atoms with Gasteiger partial charge in [-0.1, -0.05) is 16.8 Å². The van der Waals surface area contributed by atoms with Gasteiger partial charge >= 0.3 is 0 Å². The monoisotopic (exact) mass is 436 g/mol. The van der Waals surface area contributed by atoms with Gasteiger partial charge in [0.1, 0.15) is 22.9 Å². The van der Waals surface area contributed by atoms with Crippen LogP contribution in [-0.4, -0.2) is 41.2 Å². The molecule has 1 aliphatic rings. The van der Waals surface area contributed by atoms with Gasteiger partial charge in [-0.25, -0.2) is 8.42 Å². The Morgan fingerprint density at radius 1 is 1.31 bits per heavy atom. The van der Waals surface area contributed by atoms with Crippen LogP contribution in [0.4, 0.5) is 0 Å². The van der Waals surface area contributed by atoms with Crippen molar-refractivity contribution in [3.63, 3.8) is 0 Å². The zero-order valence-electron chi connectivity index (χ0n) is 16.1. The standard InChI is InChI=1S/C19H21ClN4O4S/c1-12-19(13(2)28-23-12)29(25,26)24-8-7-14(10-24)18-9-16(21-22-18)11-27-17-5-3-15(20)4-6-17/h3-6,9,14H,7-8,10-11H2,1-2H3,(H,21,22). The van der Waals surface area contributed by atoms with E-state index in [0.29, 0.717) is 48.3 Å². The lowest BCUT2D eigenvalue weighted by Crippen LogP contribution is -2.29. The summed E-state index contributed by atoms with van der Waals surface area (Å²) < 4.78 is 38.2. The molecule has 0 saturated carbocycles. The van der Waals surface area contributed by atoms with Gasteiger partial charge in [-0.05, 0) is 50.6 Å². The normalized spacial score (nSPS) is 17.7. The number of sulfonamides is 1. The SMILES string of the molecule is Cc1noc(C)c1S(=O)(=O)N1CCC(c2cc(COc3ccc(Cl)cc3)[nH]n2)C1. The van der Waals surface area contributed by atoms with Crippen LogP contribution in [0.2, 0.25) is 5.02 Å². The molecule has 1 aromatic carbocycles. The summed E-state index contributed by atoms with van der Waals surface area (Å²) >= 11 is 5.87. The number of halogens is 1. The van der Waals surface area contributed by atoms with Crippen molar-refractivity contribution < 1.29 is 17.7 Å². The zero-order chi connectivity index (χ0) is 20.6. The Morgan fingerprint density at radius 3 is 2.76 bits per heavy atom. The van der Waals surface area contributed by atoms with Gasteiger partial charge in [0.25, 0.3) is 0 Å². The minimum Gasteiger partial charge on any atom is -0.487 e. The number of nitrogens with zero attached hydrogens (tertiary/aromatic N) is 3. The van der Waals surface area contributed by atoms with E-state index < -0.39 is 10.0 Å². The van der Waals surface area contributed by atoms with Gasteiger partial charge in [0.05, 0.1) is 11.4 Å². The van der Waals surface area contributed by atoms with Crippen LogP contribution in [0.15, 0.2) is 39.8 Å². The maximum atomic E-state index is 13.0. The number of H-pyrrole nitrogens is 1. The third-order valence-corrected chi connectivity index (χ3v) is 7.36. The van der Waals surface area contributed by atoms with Crippen LogP contribution in [0.1, 0.15) is 35.2 Å². The molecule has 0 amide bonds. The predicted octanol–water partition coefficient (Wildman–Crippen LogP) is 3.43. The van der Waals surface area contributed by atoms with Gasteiger partial charge in [0.15, 0.2) is 5.76 Å². The lowest BCUT2D eigenvalue weighted by Gasteiger charge is -2.15. The maximum Gasteiger partial charge on any atom is 0.248 e. The van der Waals surface area contributed by atoms with Crippen LogP contribution in [0.5, 0.6) is 5.75 Å². The Bertz CT molecular complexity index is 1090. The molecule has 29 heavy (non-hydrogen) atoms. The zero-order valence-corrected chi connectivity index (χ0v) is 17.6. The van der Waals surface area contributed by atoms with Crippen molar-refractivity contribution in [1.82, 2.24) is 19.7 Å². The Morgan fingerprint density at radius 2 is 2.07 bits per heavy atom. The second kappa shape index (κ2) is 7.81. The van der Waals surface area contributed by atoms with Crippen molar-refractivity contribution in [2.24, 2.45) is 0 Å². The molecule has 0 radical (unpaired) electrons. The third-order valence-electron chi connectivity index (χ3n) is 4.99. The van der Waals surface area contributed by atoms with Crippen LogP contribution in [0.25, 0.3) is 0 Å². The summed E-state index contributed by atoms with van der Waals surface area (Å²) in [4.78, 5) is 0.164. The highest BCUT2D eigenvalue weighted by atomic mass is 35.5. The second-order valence-corrected chi connectivity index (χ2v) is 9.37. The highest BCUT2D eigenvalue weighted by Crippen LogP contribution is 2.32. The average Bonchev–Trinajstić information content (AvgIpc) is 3.41. The lowest BCUT2D eigenvalue weighted by atomic mass is 10.1. The number of ether oxygens (including phenoxy) is 1. The molecule has 154 valence electrons. The van der Waals surface area contributed by atoms with Crippen molar-refractivity contribution in [2.75, 3.05) is 13.1 Å². The van der Waals surface area contributed by atoms with E-state index in [4.69, 9.17) is 20.9 Å². The molecular weight excluding hydrogens is 416 g/mol. The molecule has 4 rings (SSSR count). The largest absolute Gasteiger partial charge is 0.487 e. The summed E-state index contributed by atoms with van der Waals surface area (Å²) in [6.45, 7) is 4.39. The van der Waals surface area contributed by atoms with Gasteiger partial charge in [-0.2, -0.15) is 9.40 Å². The van der Waals surface area contributed by atoms with Crippen molar-refractivity contribution >= 4 is 21.6 Å². The van der Waals surface area contributed by atoms with E-state index in [1.807, 2.05) is 6.07 Å². The van der Waals surface area contributed by atoms with E-state index in [9.17, 15) is 8.42 Å². The summed E-state index contributed by atoms with van der Waals surface area (Å²) in [5.74, 6) is 1.04. The fourth-order valence-corrected chi connectivity index (χ4v) is 5.43. The molecule has 1 saturated heterocycles. The van der Waals surface area contributed by atoms with Crippen molar-refractivity contribution in [1.29, 1.82) is 0 Å². The summed E-state index contributed by atoms with van der Waals surface area (Å²) in [6, 6.07) is 9.05. The molecule has 1 aliphatic heterocycles. The minimum atomic E-state index is -3.64. The molecule has 0 spiro atoms. The molecule has 1 N–H and O–H groups in total. The van der Waals surface area contributed by atoms with E-state index in [1.54, 1.807) is 38.1 Å². The fraction of sp³-hybridized carbons (Fsp3) is 0.368. The van der Waals surface area contributed by atoms with E-state index in [1.165, 1.54) is 4.31 Å². The molecule has 1 unspecified atom stereocenters. The van der Waals surface area contributed by atoms with E-state index >= 15 is 0 Å². The lowest BCUT2D eigenvalue weighted by molar-refractivity contribution is 0.301. The Kier molecular flexibility index (Phi) is 5.37. The number of hydrogen-bond donors (Lipinski definition) is 1. The Hall–Kier alpha value is -2.36. The second-order valence-electron chi connectivity index (χ2n) is 7.06. The molecular formula is C19H21ClN4O4S. The van der Waals surface area contributed by atoms with Crippen molar-refractivity contribution in [3.05, 3.63) is 58.2 Å². The van der Waals surface area contributed by atoms with Gasteiger partial charge in [-0.15, -0.1) is 0 Å².